The Hall–Kier alpha value is -3.38. The molecule has 1 aliphatic rings. The second kappa shape index (κ2) is 11.7. The largest absolute Gasteiger partial charge is 0.481 e. The van der Waals surface area contributed by atoms with Crippen LogP contribution < -0.4 is 15.4 Å². The number of hydrogen-bond acceptors (Lipinski definition) is 5. The molecule has 0 aliphatic carbocycles. The fourth-order valence-electron chi connectivity index (χ4n) is 3.26. The molecule has 162 valence electrons. The molecule has 3 N–H and O–H groups in total. The van der Waals surface area contributed by atoms with Crippen molar-refractivity contribution in [2.24, 2.45) is 0 Å². The van der Waals surface area contributed by atoms with E-state index in [0.29, 0.717) is 11.8 Å². The summed E-state index contributed by atoms with van der Waals surface area (Å²) in [7, 11) is 0. The standard InChI is InChI=1S/C19H23N3O3.C6H6/c1-13(15-6-4-14(5-7-15)9-18(23)24)10-20-11-16-12-22-17-3-2-8-21-19(17)25-16;1-2-4-6-5-3-1/h2-8,13,16,20,22H,9-12H2,1H3,(H,23,24);1-6H. The maximum atomic E-state index is 10.7. The van der Waals surface area contributed by atoms with Gasteiger partial charge >= 0.3 is 5.97 Å². The highest BCUT2D eigenvalue weighted by Gasteiger charge is 2.19. The van der Waals surface area contributed by atoms with Gasteiger partial charge in [0.25, 0.3) is 0 Å². The number of anilines is 1. The highest BCUT2D eigenvalue weighted by atomic mass is 16.5. The Labute approximate surface area is 183 Å². The molecule has 0 radical (unpaired) electrons. The van der Waals surface area contributed by atoms with Crippen molar-refractivity contribution in [1.82, 2.24) is 10.3 Å². The van der Waals surface area contributed by atoms with Crippen LogP contribution in [0.25, 0.3) is 0 Å². The van der Waals surface area contributed by atoms with Crippen LogP contribution in [0.5, 0.6) is 5.88 Å². The van der Waals surface area contributed by atoms with Crippen LogP contribution in [-0.4, -0.2) is 41.8 Å². The van der Waals surface area contributed by atoms with E-state index in [2.05, 4.69) is 22.5 Å². The summed E-state index contributed by atoms with van der Waals surface area (Å²) in [5.74, 6) is 0.183. The van der Waals surface area contributed by atoms with Crippen molar-refractivity contribution in [3.8, 4) is 5.88 Å². The van der Waals surface area contributed by atoms with Gasteiger partial charge in [0.15, 0.2) is 0 Å². The van der Waals surface area contributed by atoms with E-state index >= 15 is 0 Å². The van der Waals surface area contributed by atoms with Crippen molar-refractivity contribution in [2.75, 3.05) is 25.0 Å². The number of fused-ring (bicyclic) bond motifs is 1. The van der Waals surface area contributed by atoms with E-state index in [-0.39, 0.29) is 12.5 Å². The quantitative estimate of drug-likeness (QED) is 0.538. The molecule has 0 bridgehead atoms. The first kappa shape index (κ1) is 22.3. The summed E-state index contributed by atoms with van der Waals surface area (Å²) in [6.45, 7) is 4.47. The van der Waals surface area contributed by atoms with Crippen LogP contribution in [0.4, 0.5) is 5.69 Å². The number of carboxylic acids is 1. The van der Waals surface area contributed by atoms with E-state index in [1.807, 2.05) is 72.8 Å². The SMILES string of the molecule is CC(CNCC1CNc2cccnc2O1)c1ccc(CC(=O)O)cc1.c1ccccc1. The monoisotopic (exact) mass is 419 g/mol. The van der Waals surface area contributed by atoms with Gasteiger partial charge in [0, 0.05) is 19.3 Å². The van der Waals surface area contributed by atoms with Crippen molar-refractivity contribution in [1.29, 1.82) is 0 Å². The number of aliphatic carboxylic acids is 1. The van der Waals surface area contributed by atoms with Gasteiger partial charge in [0.2, 0.25) is 5.88 Å². The first-order valence-corrected chi connectivity index (χ1v) is 10.5. The van der Waals surface area contributed by atoms with Gasteiger partial charge in [-0.2, -0.15) is 0 Å². The van der Waals surface area contributed by atoms with E-state index < -0.39 is 5.97 Å². The third-order valence-corrected chi connectivity index (χ3v) is 4.96. The lowest BCUT2D eigenvalue weighted by Crippen LogP contribution is -2.40. The predicted octanol–water partition coefficient (Wildman–Crippen LogP) is 3.96. The number of hydrogen-bond donors (Lipinski definition) is 3. The molecule has 0 fully saturated rings. The van der Waals surface area contributed by atoms with Gasteiger partial charge in [0.05, 0.1) is 18.7 Å². The Morgan fingerprint density at radius 1 is 1.13 bits per heavy atom. The summed E-state index contributed by atoms with van der Waals surface area (Å²) in [4.78, 5) is 15.0. The molecular weight excluding hydrogens is 390 g/mol. The number of pyridine rings is 1. The third-order valence-electron chi connectivity index (χ3n) is 4.96. The van der Waals surface area contributed by atoms with Crippen molar-refractivity contribution in [2.45, 2.75) is 25.4 Å². The smallest absolute Gasteiger partial charge is 0.307 e. The zero-order chi connectivity index (χ0) is 21.9. The van der Waals surface area contributed by atoms with Crippen LogP contribution >= 0.6 is 0 Å². The minimum Gasteiger partial charge on any atom is -0.481 e. The maximum Gasteiger partial charge on any atom is 0.307 e. The molecular formula is C25H29N3O3. The molecule has 0 saturated heterocycles. The Balaban J connectivity index is 0.000000391. The zero-order valence-electron chi connectivity index (χ0n) is 17.7. The van der Waals surface area contributed by atoms with Crippen LogP contribution in [0.1, 0.15) is 24.0 Å². The second-order valence-corrected chi connectivity index (χ2v) is 7.50. The van der Waals surface area contributed by atoms with Gasteiger partial charge in [-0.15, -0.1) is 0 Å². The van der Waals surface area contributed by atoms with Crippen LogP contribution in [0, 0.1) is 0 Å². The van der Waals surface area contributed by atoms with E-state index in [9.17, 15) is 4.79 Å². The van der Waals surface area contributed by atoms with Crippen LogP contribution in [-0.2, 0) is 11.2 Å². The number of aromatic nitrogens is 1. The lowest BCUT2D eigenvalue weighted by atomic mass is 9.99. The number of rotatable bonds is 7. The first-order valence-electron chi connectivity index (χ1n) is 10.5. The Kier molecular flexibility index (Phi) is 8.43. The lowest BCUT2D eigenvalue weighted by molar-refractivity contribution is -0.136. The molecule has 2 atom stereocenters. The van der Waals surface area contributed by atoms with Crippen LogP contribution in [0.15, 0.2) is 79.0 Å². The van der Waals surface area contributed by atoms with Crippen molar-refractivity contribution < 1.29 is 14.6 Å². The lowest BCUT2D eigenvalue weighted by Gasteiger charge is -2.27. The zero-order valence-corrected chi connectivity index (χ0v) is 17.7. The number of ether oxygens (including phenoxy) is 1. The van der Waals surface area contributed by atoms with E-state index in [4.69, 9.17) is 9.84 Å². The molecule has 6 nitrogen and oxygen atoms in total. The van der Waals surface area contributed by atoms with Crippen molar-refractivity contribution >= 4 is 11.7 Å². The van der Waals surface area contributed by atoms with Gasteiger partial charge in [-0.1, -0.05) is 67.6 Å². The predicted molar refractivity (Wildman–Crippen MR) is 123 cm³/mol. The maximum absolute atomic E-state index is 10.7. The van der Waals surface area contributed by atoms with Gasteiger partial charge in [-0.05, 0) is 29.2 Å². The Bertz CT molecular complexity index is 906. The average molecular weight is 420 g/mol. The minimum atomic E-state index is -0.806. The molecule has 0 saturated carbocycles. The summed E-state index contributed by atoms with van der Waals surface area (Å²) in [5.41, 5.74) is 2.95. The molecule has 31 heavy (non-hydrogen) atoms. The normalized spacial score (nSPS) is 15.3. The van der Waals surface area contributed by atoms with Crippen molar-refractivity contribution in [3.63, 3.8) is 0 Å². The van der Waals surface area contributed by atoms with Crippen LogP contribution in [0.3, 0.4) is 0 Å². The number of carbonyl (C=O) groups is 1. The summed E-state index contributed by atoms with van der Waals surface area (Å²) >= 11 is 0. The number of carboxylic acid groups (broad SMARTS) is 1. The minimum absolute atomic E-state index is 0.0487. The second-order valence-electron chi connectivity index (χ2n) is 7.50. The summed E-state index contributed by atoms with van der Waals surface area (Å²) in [6, 6.07) is 23.6. The number of nitrogens with one attached hydrogen (secondary N) is 2. The van der Waals surface area contributed by atoms with E-state index in [1.165, 1.54) is 5.56 Å². The highest BCUT2D eigenvalue weighted by Crippen LogP contribution is 2.25. The third kappa shape index (κ3) is 7.42. The molecule has 0 amide bonds. The average Bonchev–Trinajstić information content (AvgIpc) is 2.80. The summed E-state index contributed by atoms with van der Waals surface area (Å²) in [6.07, 6.45) is 1.84. The fourth-order valence-corrected chi connectivity index (χ4v) is 3.26. The molecule has 2 unspecified atom stereocenters. The summed E-state index contributed by atoms with van der Waals surface area (Å²) in [5, 5.41) is 15.6. The highest BCUT2D eigenvalue weighted by molar-refractivity contribution is 5.70. The van der Waals surface area contributed by atoms with E-state index in [0.717, 1.165) is 30.9 Å². The van der Waals surface area contributed by atoms with Gasteiger partial charge < -0.3 is 20.5 Å². The molecule has 1 aliphatic heterocycles. The molecule has 2 aromatic carbocycles. The fraction of sp³-hybridized carbons (Fsp3) is 0.280. The molecule has 2 heterocycles. The van der Waals surface area contributed by atoms with Gasteiger partial charge in [-0.3, -0.25) is 4.79 Å². The molecule has 3 aromatic rings. The molecule has 1 aromatic heterocycles. The summed E-state index contributed by atoms with van der Waals surface area (Å²) < 4.78 is 5.88. The van der Waals surface area contributed by atoms with Gasteiger partial charge in [-0.25, -0.2) is 4.98 Å². The van der Waals surface area contributed by atoms with Gasteiger partial charge in [0.1, 0.15) is 6.10 Å². The Morgan fingerprint density at radius 2 is 1.81 bits per heavy atom. The Morgan fingerprint density at radius 3 is 2.45 bits per heavy atom. The number of nitrogens with zero attached hydrogens (tertiary/aromatic N) is 1. The van der Waals surface area contributed by atoms with Crippen LogP contribution in [0.2, 0.25) is 0 Å². The first-order chi connectivity index (χ1) is 15.1. The molecule has 4 rings (SSSR count). The molecule has 0 spiro atoms. The molecule has 6 heteroatoms. The van der Waals surface area contributed by atoms with Crippen molar-refractivity contribution in [3.05, 3.63) is 90.1 Å². The topological polar surface area (TPSA) is 83.5 Å². The number of benzene rings is 2. The van der Waals surface area contributed by atoms with E-state index in [1.54, 1.807) is 6.20 Å².